The van der Waals surface area contributed by atoms with E-state index < -0.39 is 6.04 Å². The van der Waals surface area contributed by atoms with Crippen molar-refractivity contribution in [3.63, 3.8) is 0 Å². The van der Waals surface area contributed by atoms with Gasteiger partial charge in [0.1, 0.15) is 5.78 Å². The quantitative estimate of drug-likeness (QED) is 0.683. The van der Waals surface area contributed by atoms with E-state index >= 15 is 0 Å². The molecule has 0 bridgehead atoms. The number of ketones is 1. The van der Waals surface area contributed by atoms with Crippen molar-refractivity contribution in [2.75, 3.05) is 0 Å². The summed E-state index contributed by atoms with van der Waals surface area (Å²) >= 11 is 0. The molecule has 21 heavy (non-hydrogen) atoms. The van der Waals surface area contributed by atoms with Crippen molar-refractivity contribution < 1.29 is 9.59 Å². The van der Waals surface area contributed by atoms with Crippen molar-refractivity contribution >= 4 is 11.7 Å². The lowest BCUT2D eigenvalue weighted by Gasteiger charge is -2.20. The summed E-state index contributed by atoms with van der Waals surface area (Å²) in [7, 11) is 0. The standard InChI is InChI=1S/C17H24N2O2/c1-3-7-16(18)17(21)19-15(12-13(2)20)11-10-14-8-5-4-6-9-14/h3-6,8-9,15-16H,1,7,10-12,18H2,2H3,(H,19,21)/t15-,16?/m0/s1. The van der Waals surface area contributed by atoms with Gasteiger partial charge in [0.2, 0.25) is 5.91 Å². The fraction of sp³-hybridized carbons (Fsp3) is 0.412. The summed E-state index contributed by atoms with van der Waals surface area (Å²) in [5, 5.41) is 2.87. The van der Waals surface area contributed by atoms with Crippen molar-refractivity contribution in [2.24, 2.45) is 5.73 Å². The van der Waals surface area contributed by atoms with Crippen LogP contribution in [0.2, 0.25) is 0 Å². The molecule has 1 rings (SSSR count). The van der Waals surface area contributed by atoms with Crippen LogP contribution >= 0.6 is 0 Å². The highest BCUT2D eigenvalue weighted by Crippen LogP contribution is 2.08. The maximum absolute atomic E-state index is 11.9. The molecule has 0 saturated heterocycles. The highest BCUT2D eigenvalue weighted by Gasteiger charge is 2.18. The average Bonchev–Trinajstić information content (AvgIpc) is 2.45. The summed E-state index contributed by atoms with van der Waals surface area (Å²) < 4.78 is 0. The van der Waals surface area contributed by atoms with Crippen LogP contribution in [0.4, 0.5) is 0 Å². The van der Waals surface area contributed by atoms with Gasteiger partial charge in [-0.05, 0) is 31.7 Å². The zero-order valence-electron chi connectivity index (χ0n) is 12.5. The number of hydrogen-bond donors (Lipinski definition) is 2. The molecule has 0 spiro atoms. The smallest absolute Gasteiger partial charge is 0.237 e. The molecule has 0 radical (unpaired) electrons. The molecule has 114 valence electrons. The molecule has 4 nitrogen and oxygen atoms in total. The van der Waals surface area contributed by atoms with E-state index in [4.69, 9.17) is 5.73 Å². The van der Waals surface area contributed by atoms with Gasteiger partial charge < -0.3 is 11.1 Å². The molecule has 0 fully saturated rings. The summed E-state index contributed by atoms with van der Waals surface area (Å²) in [6.07, 6.45) is 3.91. The summed E-state index contributed by atoms with van der Waals surface area (Å²) in [6.45, 7) is 5.11. The van der Waals surface area contributed by atoms with Gasteiger partial charge in [-0.1, -0.05) is 36.4 Å². The minimum absolute atomic E-state index is 0.0608. The lowest BCUT2D eigenvalue weighted by Crippen LogP contribution is -2.45. The van der Waals surface area contributed by atoms with Crippen LogP contribution in [0.5, 0.6) is 0 Å². The summed E-state index contributed by atoms with van der Waals surface area (Å²) in [5.74, 6) is -0.167. The Balaban J connectivity index is 2.56. The topological polar surface area (TPSA) is 72.2 Å². The lowest BCUT2D eigenvalue weighted by atomic mass is 10.0. The zero-order valence-corrected chi connectivity index (χ0v) is 12.5. The van der Waals surface area contributed by atoms with Crippen molar-refractivity contribution in [1.29, 1.82) is 0 Å². The van der Waals surface area contributed by atoms with Gasteiger partial charge in [0.25, 0.3) is 0 Å². The van der Waals surface area contributed by atoms with Crippen LogP contribution in [0, 0.1) is 0 Å². The number of amides is 1. The van der Waals surface area contributed by atoms with E-state index in [1.165, 1.54) is 12.5 Å². The van der Waals surface area contributed by atoms with E-state index in [1.807, 2.05) is 30.3 Å². The van der Waals surface area contributed by atoms with E-state index in [-0.39, 0.29) is 17.7 Å². The van der Waals surface area contributed by atoms with Crippen molar-refractivity contribution in [2.45, 2.75) is 44.7 Å². The molecule has 0 heterocycles. The number of nitrogens with two attached hydrogens (primary N) is 1. The molecular formula is C17H24N2O2. The van der Waals surface area contributed by atoms with Crippen LogP contribution in [0.15, 0.2) is 43.0 Å². The minimum atomic E-state index is -0.603. The molecule has 0 saturated carbocycles. The third kappa shape index (κ3) is 6.86. The Hall–Kier alpha value is -1.94. The molecule has 3 N–H and O–H groups in total. The Morgan fingerprint density at radius 2 is 2.00 bits per heavy atom. The van der Waals surface area contributed by atoms with E-state index in [2.05, 4.69) is 11.9 Å². The lowest BCUT2D eigenvalue weighted by molar-refractivity contribution is -0.123. The largest absolute Gasteiger partial charge is 0.352 e. The van der Waals surface area contributed by atoms with Gasteiger partial charge in [-0.3, -0.25) is 9.59 Å². The van der Waals surface area contributed by atoms with Crippen LogP contribution in [-0.2, 0) is 16.0 Å². The third-order valence-corrected chi connectivity index (χ3v) is 3.26. The molecule has 0 aliphatic rings. The van der Waals surface area contributed by atoms with E-state index in [9.17, 15) is 9.59 Å². The van der Waals surface area contributed by atoms with E-state index in [1.54, 1.807) is 6.08 Å². The predicted octanol–water partition coefficient (Wildman–Crippen LogP) is 1.99. The molecular weight excluding hydrogens is 264 g/mol. The Morgan fingerprint density at radius 3 is 2.57 bits per heavy atom. The van der Waals surface area contributed by atoms with Crippen molar-refractivity contribution in [1.82, 2.24) is 5.32 Å². The molecule has 0 aliphatic heterocycles. The summed E-state index contributed by atoms with van der Waals surface area (Å²) in [5.41, 5.74) is 6.94. The molecule has 2 atom stereocenters. The maximum Gasteiger partial charge on any atom is 0.237 e. The van der Waals surface area contributed by atoms with Gasteiger partial charge in [-0.2, -0.15) is 0 Å². The third-order valence-electron chi connectivity index (χ3n) is 3.26. The Kier molecular flexibility index (Phi) is 7.40. The molecule has 1 amide bonds. The van der Waals surface area contributed by atoms with Gasteiger partial charge in [0.05, 0.1) is 6.04 Å². The second-order valence-electron chi connectivity index (χ2n) is 5.27. The highest BCUT2D eigenvalue weighted by atomic mass is 16.2. The number of nitrogens with one attached hydrogen (secondary N) is 1. The molecule has 0 aliphatic carbocycles. The average molecular weight is 288 g/mol. The first kappa shape index (κ1) is 17.1. The van der Waals surface area contributed by atoms with Gasteiger partial charge in [0.15, 0.2) is 0 Å². The van der Waals surface area contributed by atoms with Crippen LogP contribution in [0.1, 0.15) is 31.7 Å². The fourth-order valence-corrected chi connectivity index (χ4v) is 2.15. The van der Waals surface area contributed by atoms with Gasteiger partial charge in [-0.25, -0.2) is 0 Å². The van der Waals surface area contributed by atoms with Crippen LogP contribution in [0.3, 0.4) is 0 Å². The Bertz CT molecular complexity index is 471. The molecule has 4 heteroatoms. The predicted molar refractivity (Wildman–Crippen MR) is 84.8 cm³/mol. The minimum Gasteiger partial charge on any atom is -0.352 e. The second kappa shape index (κ2) is 9.08. The first-order valence-electron chi connectivity index (χ1n) is 7.23. The van der Waals surface area contributed by atoms with Crippen molar-refractivity contribution in [3.05, 3.63) is 48.6 Å². The maximum atomic E-state index is 11.9. The van der Waals surface area contributed by atoms with Gasteiger partial charge in [-0.15, -0.1) is 6.58 Å². The van der Waals surface area contributed by atoms with E-state index in [0.29, 0.717) is 12.8 Å². The number of rotatable bonds is 9. The Labute approximate surface area is 126 Å². The van der Waals surface area contributed by atoms with Crippen molar-refractivity contribution in [3.8, 4) is 0 Å². The van der Waals surface area contributed by atoms with Gasteiger partial charge >= 0.3 is 0 Å². The number of carbonyl (C=O) groups excluding carboxylic acids is 2. The number of hydrogen-bond acceptors (Lipinski definition) is 3. The monoisotopic (exact) mass is 288 g/mol. The normalized spacial score (nSPS) is 13.2. The number of aryl methyl sites for hydroxylation is 1. The first-order chi connectivity index (χ1) is 10.0. The number of Topliss-reactive ketones (excluding diaryl/α,β-unsaturated/α-hetero) is 1. The summed E-state index contributed by atoms with van der Waals surface area (Å²) in [6, 6.07) is 9.22. The van der Waals surface area contributed by atoms with Crippen LogP contribution in [-0.4, -0.2) is 23.8 Å². The number of benzene rings is 1. The van der Waals surface area contributed by atoms with E-state index in [0.717, 1.165) is 12.8 Å². The zero-order chi connectivity index (χ0) is 15.7. The molecule has 0 aromatic heterocycles. The summed E-state index contributed by atoms with van der Waals surface area (Å²) in [4.78, 5) is 23.3. The fourth-order valence-electron chi connectivity index (χ4n) is 2.15. The SMILES string of the molecule is C=CCC(N)C(=O)N[C@@H](CCc1ccccc1)CC(C)=O. The molecule has 1 aromatic carbocycles. The first-order valence-corrected chi connectivity index (χ1v) is 7.23. The number of carbonyl (C=O) groups is 2. The molecule has 1 unspecified atom stereocenters. The van der Waals surface area contributed by atoms with Gasteiger partial charge in [0, 0.05) is 12.5 Å². The highest BCUT2D eigenvalue weighted by molar-refractivity contribution is 5.83. The Morgan fingerprint density at radius 1 is 1.33 bits per heavy atom. The van der Waals surface area contributed by atoms with Crippen LogP contribution in [0.25, 0.3) is 0 Å². The molecule has 1 aromatic rings. The second-order valence-corrected chi connectivity index (χ2v) is 5.27. The van der Waals surface area contributed by atoms with Crippen LogP contribution < -0.4 is 11.1 Å².